The molecule has 7 heteroatoms. The number of esters is 1. The van der Waals surface area contributed by atoms with E-state index in [9.17, 15) is 4.79 Å². The smallest absolute Gasteiger partial charge is 0.344 e. The van der Waals surface area contributed by atoms with Crippen LogP contribution in [0.1, 0.15) is 24.2 Å². The van der Waals surface area contributed by atoms with Crippen molar-refractivity contribution in [1.29, 1.82) is 0 Å². The van der Waals surface area contributed by atoms with Gasteiger partial charge in [-0.25, -0.2) is 9.48 Å². The summed E-state index contributed by atoms with van der Waals surface area (Å²) in [5.74, 6) is 0.599. The highest BCUT2D eigenvalue weighted by molar-refractivity contribution is 7.99. The fourth-order valence-corrected chi connectivity index (χ4v) is 2.69. The quantitative estimate of drug-likeness (QED) is 0.674. The number of carbonyl (C=O) groups is 1. The van der Waals surface area contributed by atoms with Crippen molar-refractivity contribution in [3.63, 3.8) is 0 Å². The Balaban J connectivity index is 2.50. The van der Waals surface area contributed by atoms with Crippen molar-refractivity contribution in [3.05, 3.63) is 34.9 Å². The third kappa shape index (κ3) is 3.33. The Labute approximate surface area is 132 Å². The van der Waals surface area contributed by atoms with Gasteiger partial charge in [0.15, 0.2) is 0 Å². The predicted octanol–water partition coefficient (Wildman–Crippen LogP) is 3.40. The van der Waals surface area contributed by atoms with E-state index in [0.29, 0.717) is 22.2 Å². The number of hydrogen-bond donors (Lipinski definition) is 1. The molecule has 2 rings (SSSR count). The van der Waals surface area contributed by atoms with Gasteiger partial charge in [-0.3, -0.25) is 0 Å². The topological polar surface area (TPSA) is 70.1 Å². The van der Waals surface area contributed by atoms with Crippen molar-refractivity contribution >= 4 is 35.1 Å². The van der Waals surface area contributed by atoms with E-state index in [2.05, 4.69) is 5.10 Å². The molecule has 0 fully saturated rings. The first-order chi connectivity index (χ1) is 10.1. The fourth-order valence-electron chi connectivity index (χ4n) is 1.82. The monoisotopic (exact) mass is 325 g/mol. The molecular formula is C14H16ClN3O2S. The van der Waals surface area contributed by atoms with E-state index >= 15 is 0 Å². The number of hydrogen-bond acceptors (Lipinski definition) is 5. The number of anilines is 1. The van der Waals surface area contributed by atoms with E-state index in [1.54, 1.807) is 31.2 Å². The molecule has 21 heavy (non-hydrogen) atoms. The molecule has 0 aliphatic rings. The SMILES string of the molecule is CCOC(=O)c1c(SCC)nn(-c2ccc(Cl)cc2)c1N. The Hall–Kier alpha value is -1.66. The molecule has 0 radical (unpaired) electrons. The lowest BCUT2D eigenvalue weighted by Crippen LogP contribution is -2.09. The average molecular weight is 326 g/mol. The summed E-state index contributed by atoms with van der Waals surface area (Å²) in [6.07, 6.45) is 0. The van der Waals surface area contributed by atoms with Crippen molar-refractivity contribution in [3.8, 4) is 5.69 Å². The zero-order chi connectivity index (χ0) is 15.4. The molecule has 2 N–H and O–H groups in total. The fraction of sp³-hybridized carbons (Fsp3) is 0.286. The Morgan fingerprint density at radius 1 is 1.38 bits per heavy atom. The zero-order valence-corrected chi connectivity index (χ0v) is 13.4. The summed E-state index contributed by atoms with van der Waals surface area (Å²) in [5.41, 5.74) is 7.15. The number of nitrogens with two attached hydrogens (primary N) is 1. The lowest BCUT2D eigenvalue weighted by atomic mass is 10.3. The largest absolute Gasteiger partial charge is 0.462 e. The lowest BCUT2D eigenvalue weighted by Gasteiger charge is -2.05. The first-order valence-electron chi connectivity index (χ1n) is 6.52. The van der Waals surface area contributed by atoms with Crippen LogP contribution in [0.3, 0.4) is 0 Å². The molecule has 1 heterocycles. The maximum atomic E-state index is 12.1. The molecule has 0 bridgehead atoms. The van der Waals surface area contributed by atoms with Crippen molar-refractivity contribution in [2.45, 2.75) is 18.9 Å². The van der Waals surface area contributed by atoms with Gasteiger partial charge in [0.1, 0.15) is 16.4 Å². The van der Waals surface area contributed by atoms with Crippen molar-refractivity contribution in [1.82, 2.24) is 9.78 Å². The zero-order valence-electron chi connectivity index (χ0n) is 11.8. The lowest BCUT2D eigenvalue weighted by molar-refractivity contribution is 0.0523. The molecule has 1 aromatic heterocycles. The first-order valence-corrected chi connectivity index (χ1v) is 7.89. The van der Waals surface area contributed by atoms with Crippen LogP contribution in [0, 0.1) is 0 Å². The van der Waals surface area contributed by atoms with Crippen LogP contribution in [-0.2, 0) is 4.74 Å². The number of ether oxygens (including phenoxy) is 1. The van der Waals surface area contributed by atoms with Crippen LogP contribution in [-0.4, -0.2) is 28.1 Å². The van der Waals surface area contributed by atoms with Gasteiger partial charge in [-0.05, 0) is 36.9 Å². The molecule has 0 aliphatic heterocycles. The summed E-state index contributed by atoms with van der Waals surface area (Å²) in [4.78, 5) is 12.1. The molecule has 0 saturated heterocycles. The van der Waals surface area contributed by atoms with Gasteiger partial charge in [0.05, 0.1) is 12.3 Å². The van der Waals surface area contributed by atoms with Gasteiger partial charge >= 0.3 is 5.97 Å². The van der Waals surface area contributed by atoms with Crippen LogP contribution in [0.2, 0.25) is 5.02 Å². The maximum absolute atomic E-state index is 12.1. The highest BCUT2D eigenvalue weighted by Crippen LogP contribution is 2.29. The molecule has 0 spiro atoms. The highest BCUT2D eigenvalue weighted by Gasteiger charge is 2.24. The summed E-state index contributed by atoms with van der Waals surface area (Å²) in [5, 5.41) is 5.61. The molecule has 0 saturated carbocycles. The third-order valence-corrected chi connectivity index (χ3v) is 3.82. The summed E-state index contributed by atoms with van der Waals surface area (Å²) >= 11 is 7.33. The molecule has 1 aromatic carbocycles. The summed E-state index contributed by atoms with van der Waals surface area (Å²) in [6, 6.07) is 7.07. The Morgan fingerprint density at radius 2 is 2.05 bits per heavy atom. The second kappa shape index (κ2) is 6.87. The molecule has 0 aliphatic carbocycles. The van der Waals surface area contributed by atoms with Gasteiger partial charge in [-0.1, -0.05) is 18.5 Å². The van der Waals surface area contributed by atoms with Crippen LogP contribution in [0.25, 0.3) is 5.69 Å². The Kier molecular flexibility index (Phi) is 5.14. The number of nitrogens with zero attached hydrogens (tertiary/aromatic N) is 2. The Morgan fingerprint density at radius 3 is 2.62 bits per heavy atom. The van der Waals surface area contributed by atoms with Crippen LogP contribution in [0.5, 0.6) is 0 Å². The number of nitrogen functional groups attached to an aromatic ring is 1. The molecule has 2 aromatic rings. The minimum Gasteiger partial charge on any atom is -0.462 e. The van der Waals surface area contributed by atoms with Gasteiger partial charge < -0.3 is 10.5 Å². The minimum absolute atomic E-state index is 0.270. The van der Waals surface area contributed by atoms with Gasteiger partial charge in [0.2, 0.25) is 0 Å². The van der Waals surface area contributed by atoms with Crippen LogP contribution in [0.15, 0.2) is 29.3 Å². The normalized spacial score (nSPS) is 10.6. The number of halogens is 1. The third-order valence-electron chi connectivity index (χ3n) is 2.72. The van der Waals surface area contributed by atoms with Crippen LogP contribution < -0.4 is 5.73 Å². The standard InChI is InChI=1S/C14H16ClN3O2S/c1-3-20-14(19)11-12(16)18(17-13(11)21-4-2)10-7-5-9(15)6-8-10/h5-8H,3-4,16H2,1-2H3. The highest BCUT2D eigenvalue weighted by atomic mass is 35.5. The molecule has 112 valence electrons. The van der Waals surface area contributed by atoms with Crippen molar-refractivity contribution in [2.75, 3.05) is 18.1 Å². The van der Waals surface area contributed by atoms with Gasteiger partial charge in [0.25, 0.3) is 0 Å². The van der Waals surface area contributed by atoms with E-state index in [4.69, 9.17) is 22.1 Å². The molecule has 0 atom stereocenters. The van der Waals surface area contributed by atoms with E-state index in [-0.39, 0.29) is 5.82 Å². The number of thioether (sulfide) groups is 1. The number of rotatable bonds is 5. The van der Waals surface area contributed by atoms with E-state index in [1.165, 1.54) is 16.4 Å². The second-order valence-electron chi connectivity index (χ2n) is 4.11. The average Bonchev–Trinajstić information content (AvgIpc) is 2.77. The van der Waals surface area contributed by atoms with Crippen LogP contribution in [0.4, 0.5) is 5.82 Å². The molecular weight excluding hydrogens is 310 g/mol. The number of aromatic nitrogens is 2. The second-order valence-corrected chi connectivity index (χ2v) is 5.80. The predicted molar refractivity (Wildman–Crippen MR) is 85.3 cm³/mol. The van der Waals surface area contributed by atoms with E-state index < -0.39 is 5.97 Å². The van der Waals surface area contributed by atoms with E-state index in [1.807, 2.05) is 6.92 Å². The summed E-state index contributed by atoms with van der Waals surface area (Å²) in [7, 11) is 0. The minimum atomic E-state index is -0.453. The van der Waals surface area contributed by atoms with Crippen molar-refractivity contribution < 1.29 is 9.53 Å². The number of carbonyl (C=O) groups excluding carboxylic acids is 1. The molecule has 5 nitrogen and oxygen atoms in total. The van der Waals surface area contributed by atoms with Gasteiger partial charge in [-0.2, -0.15) is 5.10 Å². The van der Waals surface area contributed by atoms with Crippen LogP contribution >= 0.6 is 23.4 Å². The molecule has 0 amide bonds. The van der Waals surface area contributed by atoms with Gasteiger partial charge in [0, 0.05) is 5.02 Å². The molecule has 0 unspecified atom stereocenters. The van der Waals surface area contributed by atoms with Gasteiger partial charge in [-0.15, -0.1) is 11.8 Å². The number of benzene rings is 1. The summed E-state index contributed by atoms with van der Waals surface area (Å²) in [6.45, 7) is 4.03. The van der Waals surface area contributed by atoms with E-state index in [0.717, 1.165) is 11.4 Å². The maximum Gasteiger partial charge on any atom is 0.344 e. The Bertz CT molecular complexity index is 640. The van der Waals surface area contributed by atoms with Crippen molar-refractivity contribution in [2.24, 2.45) is 0 Å². The first kappa shape index (κ1) is 15.7. The summed E-state index contributed by atoms with van der Waals surface area (Å²) < 4.78 is 6.59.